The summed E-state index contributed by atoms with van der Waals surface area (Å²) in [6.07, 6.45) is 5.38. The van der Waals surface area contributed by atoms with Gasteiger partial charge in [0.15, 0.2) is 0 Å². The number of anilines is 1. The molecular formula is C14H17N3. The molecule has 2 N–H and O–H groups in total. The minimum absolute atomic E-state index is 0.0674. The Morgan fingerprint density at radius 2 is 1.76 bits per heavy atom. The molecule has 0 atom stereocenters. The Bertz CT molecular complexity index is 513. The highest BCUT2D eigenvalue weighted by molar-refractivity contribution is 5.72. The summed E-state index contributed by atoms with van der Waals surface area (Å²) in [4.78, 5) is 8.45. The van der Waals surface area contributed by atoms with Crippen LogP contribution in [0, 0.1) is 0 Å². The molecule has 0 unspecified atom stereocenters. The van der Waals surface area contributed by atoms with Crippen molar-refractivity contribution in [2.24, 2.45) is 0 Å². The molecule has 0 saturated carbocycles. The number of rotatable bonds is 1. The molecule has 2 heterocycles. The first-order valence-corrected chi connectivity index (χ1v) is 5.65. The van der Waals surface area contributed by atoms with E-state index in [0.29, 0.717) is 5.69 Å². The van der Waals surface area contributed by atoms with E-state index in [9.17, 15) is 0 Å². The fraction of sp³-hybridized carbons (Fsp3) is 0.286. The molecular weight excluding hydrogens is 210 g/mol. The van der Waals surface area contributed by atoms with E-state index in [1.54, 1.807) is 12.4 Å². The highest BCUT2D eigenvalue weighted by atomic mass is 14.7. The Morgan fingerprint density at radius 3 is 2.29 bits per heavy atom. The molecule has 2 rings (SSSR count). The van der Waals surface area contributed by atoms with Crippen molar-refractivity contribution in [1.29, 1.82) is 0 Å². The third-order valence-electron chi connectivity index (χ3n) is 2.74. The molecule has 0 saturated heterocycles. The van der Waals surface area contributed by atoms with Gasteiger partial charge in [-0.15, -0.1) is 0 Å². The Morgan fingerprint density at radius 1 is 1.12 bits per heavy atom. The number of nitrogens with two attached hydrogens (primary N) is 1. The van der Waals surface area contributed by atoms with Crippen LogP contribution in [0.25, 0.3) is 11.3 Å². The lowest BCUT2D eigenvalue weighted by Gasteiger charge is -2.19. The number of hydrogen-bond donors (Lipinski definition) is 1. The molecule has 0 bridgehead atoms. The molecule has 0 aromatic carbocycles. The van der Waals surface area contributed by atoms with Crippen LogP contribution in [0.4, 0.5) is 5.69 Å². The molecule has 2 aromatic rings. The molecule has 3 heteroatoms. The number of nitrogen functional groups attached to an aromatic ring is 1. The van der Waals surface area contributed by atoms with Gasteiger partial charge in [0.2, 0.25) is 0 Å². The summed E-state index contributed by atoms with van der Waals surface area (Å²) in [5.74, 6) is 0. The van der Waals surface area contributed by atoms with Gasteiger partial charge in [-0.25, -0.2) is 0 Å². The van der Waals surface area contributed by atoms with Crippen molar-refractivity contribution in [2.75, 3.05) is 5.73 Å². The zero-order valence-electron chi connectivity index (χ0n) is 10.4. The second kappa shape index (κ2) is 4.17. The van der Waals surface area contributed by atoms with Crippen LogP contribution in [-0.4, -0.2) is 9.97 Å². The van der Waals surface area contributed by atoms with Crippen molar-refractivity contribution in [3.63, 3.8) is 0 Å². The molecule has 0 aliphatic heterocycles. The SMILES string of the molecule is CC(C)(C)c1cnc(-c2ccncc2)c(N)c1. The van der Waals surface area contributed by atoms with Gasteiger partial charge in [-0.05, 0) is 29.2 Å². The zero-order valence-corrected chi connectivity index (χ0v) is 10.4. The summed E-state index contributed by atoms with van der Waals surface area (Å²) < 4.78 is 0. The molecule has 2 aromatic heterocycles. The van der Waals surface area contributed by atoms with Gasteiger partial charge in [0.1, 0.15) is 0 Å². The van der Waals surface area contributed by atoms with Gasteiger partial charge in [-0.2, -0.15) is 0 Å². The van der Waals surface area contributed by atoms with Crippen molar-refractivity contribution in [3.05, 3.63) is 42.4 Å². The Labute approximate surface area is 102 Å². The van der Waals surface area contributed by atoms with Crippen LogP contribution in [0.3, 0.4) is 0 Å². The summed E-state index contributed by atoms with van der Waals surface area (Å²) in [6, 6.07) is 5.83. The third-order valence-corrected chi connectivity index (χ3v) is 2.74. The van der Waals surface area contributed by atoms with E-state index in [4.69, 9.17) is 5.73 Å². The first-order valence-electron chi connectivity index (χ1n) is 5.65. The Balaban J connectivity index is 2.46. The second-order valence-corrected chi connectivity index (χ2v) is 5.15. The quantitative estimate of drug-likeness (QED) is 0.814. The van der Waals surface area contributed by atoms with Gasteiger partial charge in [0.05, 0.1) is 11.4 Å². The van der Waals surface area contributed by atoms with E-state index in [-0.39, 0.29) is 5.41 Å². The minimum atomic E-state index is 0.0674. The third kappa shape index (κ3) is 2.44. The average molecular weight is 227 g/mol. The normalized spacial score (nSPS) is 11.5. The van der Waals surface area contributed by atoms with Crippen LogP contribution in [0.15, 0.2) is 36.8 Å². The Hall–Kier alpha value is -1.90. The summed E-state index contributed by atoms with van der Waals surface area (Å²) in [7, 11) is 0. The largest absolute Gasteiger partial charge is 0.397 e. The maximum absolute atomic E-state index is 6.07. The van der Waals surface area contributed by atoms with Gasteiger partial charge in [-0.1, -0.05) is 20.8 Å². The lowest BCUT2D eigenvalue weighted by molar-refractivity contribution is 0.588. The van der Waals surface area contributed by atoms with Crippen LogP contribution in [0.1, 0.15) is 26.3 Å². The topological polar surface area (TPSA) is 51.8 Å². The molecule has 17 heavy (non-hydrogen) atoms. The van der Waals surface area contributed by atoms with Gasteiger partial charge in [-0.3, -0.25) is 9.97 Å². The molecule has 0 radical (unpaired) electrons. The lowest BCUT2D eigenvalue weighted by atomic mass is 9.88. The lowest BCUT2D eigenvalue weighted by Crippen LogP contribution is -2.12. The van der Waals surface area contributed by atoms with E-state index in [2.05, 4.69) is 30.7 Å². The second-order valence-electron chi connectivity index (χ2n) is 5.15. The van der Waals surface area contributed by atoms with Crippen molar-refractivity contribution in [1.82, 2.24) is 9.97 Å². The number of hydrogen-bond acceptors (Lipinski definition) is 3. The molecule has 88 valence electrons. The summed E-state index contributed by atoms with van der Waals surface area (Å²) >= 11 is 0. The van der Waals surface area contributed by atoms with Crippen molar-refractivity contribution < 1.29 is 0 Å². The minimum Gasteiger partial charge on any atom is -0.397 e. The standard InChI is InChI=1S/C14H17N3/c1-14(2,3)11-8-12(15)13(17-9-11)10-4-6-16-7-5-10/h4-9H,15H2,1-3H3. The van der Waals surface area contributed by atoms with Crippen LogP contribution in [-0.2, 0) is 5.41 Å². The van der Waals surface area contributed by atoms with Crippen molar-refractivity contribution >= 4 is 5.69 Å². The number of aromatic nitrogens is 2. The fourth-order valence-corrected chi connectivity index (χ4v) is 1.64. The molecule has 0 amide bonds. The van der Waals surface area contributed by atoms with E-state index < -0.39 is 0 Å². The van der Waals surface area contributed by atoms with Crippen molar-refractivity contribution in [2.45, 2.75) is 26.2 Å². The van der Waals surface area contributed by atoms with Crippen LogP contribution in [0.5, 0.6) is 0 Å². The van der Waals surface area contributed by atoms with E-state index in [0.717, 1.165) is 16.8 Å². The van der Waals surface area contributed by atoms with Gasteiger partial charge in [0, 0.05) is 24.2 Å². The molecule has 0 aliphatic carbocycles. The number of nitrogens with zero attached hydrogens (tertiary/aromatic N) is 2. The maximum atomic E-state index is 6.07. The van der Waals surface area contributed by atoms with Gasteiger partial charge >= 0.3 is 0 Å². The zero-order chi connectivity index (χ0) is 12.5. The highest BCUT2D eigenvalue weighted by Gasteiger charge is 2.15. The molecule has 0 fully saturated rings. The molecule has 0 spiro atoms. The predicted molar refractivity (Wildman–Crippen MR) is 70.6 cm³/mol. The number of pyridine rings is 2. The van der Waals surface area contributed by atoms with Crippen molar-refractivity contribution in [3.8, 4) is 11.3 Å². The fourth-order valence-electron chi connectivity index (χ4n) is 1.64. The van der Waals surface area contributed by atoms with Crippen LogP contribution >= 0.6 is 0 Å². The molecule has 0 aliphatic rings. The Kier molecular flexibility index (Phi) is 2.84. The van der Waals surface area contributed by atoms with Crippen LogP contribution in [0.2, 0.25) is 0 Å². The van der Waals surface area contributed by atoms with Crippen LogP contribution < -0.4 is 5.73 Å². The average Bonchev–Trinajstić information content (AvgIpc) is 2.29. The van der Waals surface area contributed by atoms with Gasteiger partial charge in [0.25, 0.3) is 0 Å². The van der Waals surface area contributed by atoms with E-state index >= 15 is 0 Å². The first kappa shape index (κ1) is 11.6. The van der Waals surface area contributed by atoms with Gasteiger partial charge < -0.3 is 5.73 Å². The summed E-state index contributed by atoms with van der Waals surface area (Å²) in [6.45, 7) is 6.45. The van der Waals surface area contributed by atoms with E-state index in [1.807, 2.05) is 24.4 Å². The summed E-state index contributed by atoms with van der Waals surface area (Å²) in [5, 5.41) is 0. The molecule has 3 nitrogen and oxygen atoms in total. The predicted octanol–water partition coefficient (Wildman–Crippen LogP) is 3.02. The van der Waals surface area contributed by atoms with E-state index in [1.165, 1.54) is 0 Å². The smallest absolute Gasteiger partial charge is 0.0932 e. The monoisotopic (exact) mass is 227 g/mol. The first-order chi connectivity index (χ1) is 7.98. The highest BCUT2D eigenvalue weighted by Crippen LogP contribution is 2.28. The maximum Gasteiger partial charge on any atom is 0.0932 e. The summed E-state index contributed by atoms with van der Waals surface area (Å²) in [5.41, 5.74) is 9.81.